The van der Waals surface area contributed by atoms with E-state index in [0.717, 1.165) is 0 Å². The highest BCUT2D eigenvalue weighted by molar-refractivity contribution is 7.80. The van der Waals surface area contributed by atoms with E-state index in [2.05, 4.69) is 27.5 Å². The molecule has 6 nitrogen and oxygen atoms in total. The topological polar surface area (TPSA) is 85.3 Å². The summed E-state index contributed by atoms with van der Waals surface area (Å²) in [6, 6.07) is 0. The van der Waals surface area contributed by atoms with Crippen LogP contribution in [-0.2, 0) is 0 Å². The Morgan fingerprint density at radius 1 is 1.67 bits per heavy atom. The number of rotatable bonds is 0. The SMILES string of the molecule is O=C1c2[nH]cnc2NC(=S)[NH+]1[O-]. The third-order valence-electron chi connectivity index (χ3n) is 1.51. The Morgan fingerprint density at radius 2 is 2.42 bits per heavy atom. The Morgan fingerprint density at radius 3 is 3.17 bits per heavy atom. The number of thiocarbonyl (C=S) groups is 1. The average molecular weight is 184 g/mol. The number of carbonyl (C=O) groups excluding carboxylic acids is 1. The van der Waals surface area contributed by atoms with E-state index in [1.807, 2.05) is 0 Å². The minimum Gasteiger partial charge on any atom is -0.619 e. The van der Waals surface area contributed by atoms with Crippen molar-refractivity contribution in [2.75, 3.05) is 5.32 Å². The van der Waals surface area contributed by atoms with Crippen molar-refractivity contribution in [1.29, 1.82) is 0 Å². The van der Waals surface area contributed by atoms with Crippen molar-refractivity contribution in [3.8, 4) is 0 Å². The molecule has 1 unspecified atom stereocenters. The third kappa shape index (κ3) is 0.843. The highest BCUT2D eigenvalue weighted by Crippen LogP contribution is 2.09. The summed E-state index contributed by atoms with van der Waals surface area (Å²) in [5, 5.41) is 12.7. The first-order valence-corrected chi connectivity index (χ1v) is 3.54. The van der Waals surface area contributed by atoms with Gasteiger partial charge in [0.2, 0.25) is 0 Å². The minimum atomic E-state index is -0.693. The van der Waals surface area contributed by atoms with Gasteiger partial charge in [-0.05, 0) is 0 Å². The van der Waals surface area contributed by atoms with Crippen LogP contribution in [0, 0.1) is 5.21 Å². The number of imidazole rings is 1. The summed E-state index contributed by atoms with van der Waals surface area (Å²) in [6.07, 6.45) is 1.33. The Kier molecular flexibility index (Phi) is 1.43. The van der Waals surface area contributed by atoms with Crippen LogP contribution in [0.5, 0.6) is 0 Å². The molecule has 1 aliphatic rings. The molecule has 0 aromatic carbocycles. The number of carbonyl (C=O) groups is 1. The number of nitrogens with one attached hydrogen (secondary N) is 3. The zero-order valence-corrected chi connectivity index (χ0v) is 6.57. The summed E-state index contributed by atoms with van der Waals surface area (Å²) in [7, 11) is 0. The van der Waals surface area contributed by atoms with Crippen LogP contribution in [0.1, 0.15) is 10.5 Å². The van der Waals surface area contributed by atoms with E-state index in [4.69, 9.17) is 0 Å². The summed E-state index contributed by atoms with van der Waals surface area (Å²) >= 11 is 4.61. The summed E-state index contributed by atoms with van der Waals surface area (Å²) in [5.74, 6) is -0.309. The van der Waals surface area contributed by atoms with E-state index >= 15 is 0 Å². The predicted molar refractivity (Wildman–Crippen MR) is 43.5 cm³/mol. The molecular formula is C5H4N4O2S. The molecule has 0 radical (unpaired) electrons. The Labute approximate surface area is 72.2 Å². The number of hydroxylamine groups is 2. The number of anilines is 1. The number of aromatic nitrogens is 2. The summed E-state index contributed by atoms with van der Waals surface area (Å²) in [6.45, 7) is 0. The van der Waals surface area contributed by atoms with Gasteiger partial charge >= 0.3 is 5.91 Å². The van der Waals surface area contributed by atoms with Crippen LogP contribution in [0.25, 0.3) is 0 Å². The van der Waals surface area contributed by atoms with E-state index in [9.17, 15) is 10.0 Å². The van der Waals surface area contributed by atoms with E-state index < -0.39 is 11.0 Å². The van der Waals surface area contributed by atoms with Gasteiger partial charge in [-0.25, -0.2) is 14.8 Å². The lowest BCUT2D eigenvalue weighted by Gasteiger charge is -2.22. The fourth-order valence-corrected chi connectivity index (χ4v) is 1.13. The molecule has 0 saturated carbocycles. The van der Waals surface area contributed by atoms with E-state index in [1.165, 1.54) is 6.33 Å². The molecular weight excluding hydrogens is 180 g/mol. The molecule has 62 valence electrons. The maximum absolute atomic E-state index is 11.1. The van der Waals surface area contributed by atoms with E-state index in [0.29, 0.717) is 5.82 Å². The molecule has 1 atom stereocenters. The number of aromatic amines is 1. The van der Waals surface area contributed by atoms with Crippen LogP contribution in [-0.4, -0.2) is 21.0 Å². The molecule has 1 aliphatic heterocycles. The molecule has 7 heteroatoms. The van der Waals surface area contributed by atoms with E-state index in [1.54, 1.807) is 0 Å². The maximum Gasteiger partial charge on any atom is 0.371 e. The van der Waals surface area contributed by atoms with Gasteiger partial charge in [0.15, 0.2) is 11.5 Å². The van der Waals surface area contributed by atoms with Crippen LogP contribution >= 0.6 is 12.2 Å². The molecule has 0 spiro atoms. The molecule has 2 rings (SSSR count). The van der Waals surface area contributed by atoms with Crippen molar-refractivity contribution in [2.45, 2.75) is 0 Å². The quantitative estimate of drug-likeness (QED) is 0.342. The lowest BCUT2D eigenvalue weighted by Crippen LogP contribution is -3.14. The number of nitrogens with zero attached hydrogens (tertiary/aromatic N) is 1. The zero-order valence-electron chi connectivity index (χ0n) is 5.75. The van der Waals surface area contributed by atoms with Gasteiger partial charge in [-0.2, -0.15) is 0 Å². The number of hydrogen-bond acceptors (Lipinski definition) is 4. The van der Waals surface area contributed by atoms with E-state index in [-0.39, 0.29) is 10.8 Å². The first-order valence-electron chi connectivity index (χ1n) is 3.13. The molecule has 12 heavy (non-hydrogen) atoms. The molecule has 2 heterocycles. The third-order valence-corrected chi connectivity index (χ3v) is 1.80. The van der Waals surface area contributed by atoms with Crippen LogP contribution in [0.2, 0.25) is 0 Å². The number of fused-ring (bicyclic) bond motifs is 1. The van der Waals surface area contributed by atoms with Crippen LogP contribution in [0.15, 0.2) is 6.33 Å². The lowest BCUT2D eigenvalue weighted by molar-refractivity contribution is -0.646. The monoisotopic (exact) mass is 184 g/mol. The van der Waals surface area contributed by atoms with Crippen molar-refractivity contribution in [3.05, 3.63) is 17.2 Å². The molecule has 0 saturated heterocycles. The summed E-state index contributed by atoms with van der Waals surface area (Å²) in [4.78, 5) is 17.5. The smallest absolute Gasteiger partial charge is 0.371 e. The van der Waals surface area contributed by atoms with Gasteiger partial charge in [0.1, 0.15) is 0 Å². The van der Waals surface area contributed by atoms with Gasteiger partial charge in [-0.3, -0.25) is 5.32 Å². The Balaban J connectivity index is 2.53. The molecule has 3 N–H and O–H groups in total. The molecule has 1 amide bonds. The zero-order chi connectivity index (χ0) is 8.72. The normalized spacial score (nSPS) is 21.9. The van der Waals surface area contributed by atoms with Crippen LogP contribution < -0.4 is 10.4 Å². The average Bonchev–Trinajstić information content (AvgIpc) is 2.48. The van der Waals surface area contributed by atoms with Crippen LogP contribution in [0.4, 0.5) is 5.82 Å². The second-order valence-electron chi connectivity index (χ2n) is 2.24. The van der Waals surface area contributed by atoms with Crippen molar-refractivity contribution in [3.63, 3.8) is 0 Å². The number of hydrogen-bond donors (Lipinski definition) is 3. The van der Waals surface area contributed by atoms with Gasteiger partial charge < -0.3 is 10.2 Å². The summed E-state index contributed by atoms with van der Waals surface area (Å²) in [5.41, 5.74) is 0.175. The molecule has 0 fully saturated rings. The van der Waals surface area contributed by atoms with Gasteiger partial charge in [-0.15, -0.1) is 0 Å². The highest BCUT2D eigenvalue weighted by atomic mass is 32.1. The van der Waals surface area contributed by atoms with Gasteiger partial charge in [0.05, 0.1) is 6.33 Å². The number of amides is 1. The predicted octanol–water partition coefficient (Wildman–Crippen LogP) is -1.36. The first-order chi connectivity index (χ1) is 5.70. The fourth-order valence-electron chi connectivity index (χ4n) is 0.943. The van der Waals surface area contributed by atoms with Gasteiger partial charge in [0.25, 0.3) is 5.11 Å². The first kappa shape index (κ1) is 7.35. The minimum absolute atomic E-state index is 0.0976. The lowest BCUT2D eigenvalue weighted by atomic mass is 10.3. The van der Waals surface area contributed by atoms with Gasteiger partial charge in [0, 0.05) is 12.2 Å². The van der Waals surface area contributed by atoms with Crippen molar-refractivity contribution in [2.24, 2.45) is 0 Å². The van der Waals surface area contributed by atoms with Crippen molar-refractivity contribution < 1.29 is 9.86 Å². The Bertz CT molecular complexity index is 360. The van der Waals surface area contributed by atoms with Crippen molar-refractivity contribution >= 4 is 29.1 Å². The molecule has 1 aromatic rings. The number of H-pyrrole nitrogens is 1. The molecule has 1 aromatic heterocycles. The maximum atomic E-state index is 11.1. The largest absolute Gasteiger partial charge is 0.619 e. The van der Waals surface area contributed by atoms with Crippen molar-refractivity contribution in [1.82, 2.24) is 9.97 Å². The second kappa shape index (κ2) is 2.34. The molecule has 0 bridgehead atoms. The standard InChI is InChI=1S/C5H4N4O2S/c10-4-2-3(7-1-6-2)8-5(12)9(4)11/h1,9H,(H,6,7)(H,8,12). The summed E-state index contributed by atoms with van der Waals surface area (Å²) < 4.78 is 0. The highest BCUT2D eigenvalue weighted by Gasteiger charge is 2.30. The van der Waals surface area contributed by atoms with Gasteiger partial charge in [-0.1, -0.05) is 0 Å². The number of quaternary nitrogens is 1. The Hall–Kier alpha value is -1.31. The fraction of sp³-hybridized carbons (Fsp3) is 0. The van der Waals surface area contributed by atoms with Crippen LogP contribution in [0.3, 0.4) is 0 Å². The second-order valence-corrected chi connectivity index (χ2v) is 2.65. The molecule has 0 aliphatic carbocycles.